The molecule has 2 aromatic carbocycles. The molecular formula is C16H16BrClFNO. The van der Waals surface area contributed by atoms with Crippen molar-refractivity contribution < 1.29 is 9.13 Å². The quantitative estimate of drug-likeness (QED) is 0.802. The summed E-state index contributed by atoms with van der Waals surface area (Å²) in [6.07, 6.45) is 0. The van der Waals surface area contributed by atoms with E-state index in [2.05, 4.69) is 21.2 Å². The van der Waals surface area contributed by atoms with Crippen LogP contribution in [-0.2, 0) is 0 Å². The third-order valence-corrected chi connectivity index (χ3v) is 4.07. The van der Waals surface area contributed by atoms with E-state index in [1.807, 2.05) is 25.1 Å². The molecule has 0 aromatic heterocycles. The average molecular weight is 373 g/mol. The number of ether oxygens (including phenoxy) is 1. The van der Waals surface area contributed by atoms with Gasteiger partial charge in [0.25, 0.3) is 0 Å². The first-order valence-corrected chi connectivity index (χ1v) is 7.78. The highest BCUT2D eigenvalue weighted by molar-refractivity contribution is 9.10. The van der Waals surface area contributed by atoms with E-state index < -0.39 is 0 Å². The monoisotopic (exact) mass is 371 g/mol. The van der Waals surface area contributed by atoms with Gasteiger partial charge >= 0.3 is 0 Å². The molecule has 0 saturated carbocycles. The van der Waals surface area contributed by atoms with Gasteiger partial charge in [0.15, 0.2) is 0 Å². The highest BCUT2D eigenvalue weighted by Gasteiger charge is 2.19. The summed E-state index contributed by atoms with van der Waals surface area (Å²) in [5.41, 5.74) is 1.43. The summed E-state index contributed by atoms with van der Waals surface area (Å²) in [5.74, 6) is 0.481. The third-order valence-electron chi connectivity index (χ3n) is 3.15. The molecule has 5 heteroatoms. The lowest BCUT2D eigenvalue weighted by molar-refractivity contribution is 0.340. The molecule has 21 heavy (non-hydrogen) atoms. The summed E-state index contributed by atoms with van der Waals surface area (Å²) in [5, 5.41) is 3.63. The average Bonchev–Trinajstić information content (AvgIpc) is 2.46. The Morgan fingerprint density at radius 2 is 2.00 bits per heavy atom. The second-order valence-corrected chi connectivity index (χ2v) is 5.79. The minimum atomic E-state index is -0.297. The molecule has 1 unspecified atom stereocenters. The molecule has 0 bridgehead atoms. The molecule has 0 spiro atoms. The fourth-order valence-corrected chi connectivity index (χ4v) is 2.98. The van der Waals surface area contributed by atoms with Gasteiger partial charge in [0.2, 0.25) is 0 Å². The minimum Gasteiger partial charge on any atom is -0.494 e. The van der Waals surface area contributed by atoms with Crippen molar-refractivity contribution in [1.82, 2.24) is 5.32 Å². The first-order chi connectivity index (χ1) is 10.1. The van der Waals surface area contributed by atoms with E-state index >= 15 is 0 Å². The van der Waals surface area contributed by atoms with Crippen LogP contribution in [0.1, 0.15) is 24.1 Å². The van der Waals surface area contributed by atoms with Crippen molar-refractivity contribution in [1.29, 1.82) is 0 Å². The van der Waals surface area contributed by atoms with Crippen LogP contribution in [0.3, 0.4) is 0 Å². The predicted octanol–water partition coefficient (Wildman–Crippen LogP) is 4.95. The SMILES string of the molecule is CCOc1ccc(C(NC)c2cc(Cl)ccc2F)c(Br)c1. The van der Waals surface area contributed by atoms with Gasteiger partial charge in [-0.1, -0.05) is 33.6 Å². The standard InChI is InChI=1S/C16H16BrClFNO/c1-3-21-11-5-6-12(14(17)9-11)16(20-2)13-8-10(18)4-7-15(13)19/h4-9,16,20H,3H2,1-2H3. The second-order valence-electron chi connectivity index (χ2n) is 4.50. The molecule has 0 radical (unpaired) electrons. The van der Waals surface area contributed by atoms with Gasteiger partial charge in [0.1, 0.15) is 11.6 Å². The summed E-state index contributed by atoms with van der Waals surface area (Å²) in [6, 6.07) is 9.93. The fraction of sp³-hybridized carbons (Fsp3) is 0.250. The van der Waals surface area contributed by atoms with Crippen LogP contribution in [0.15, 0.2) is 40.9 Å². The Morgan fingerprint density at radius 1 is 1.24 bits per heavy atom. The summed E-state index contributed by atoms with van der Waals surface area (Å²) in [6.45, 7) is 2.53. The van der Waals surface area contributed by atoms with Crippen LogP contribution in [0.4, 0.5) is 4.39 Å². The molecule has 0 aliphatic carbocycles. The maximum absolute atomic E-state index is 14.1. The van der Waals surface area contributed by atoms with Crippen molar-refractivity contribution in [3.8, 4) is 5.75 Å². The zero-order valence-corrected chi connectivity index (χ0v) is 14.1. The maximum Gasteiger partial charge on any atom is 0.128 e. The highest BCUT2D eigenvalue weighted by Crippen LogP contribution is 2.33. The molecule has 0 heterocycles. The summed E-state index contributed by atoms with van der Waals surface area (Å²) >= 11 is 9.51. The van der Waals surface area contributed by atoms with Gasteiger partial charge < -0.3 is 10.1 Å². The Bertz CT molecular complexity index is 636. The topological polar surface area (TPSA) is 21.3 Å². The number of nitrogens with one attached hydrogen (secondary N) is 1. The second kappa shape index (κ2) is 7.25. The number of hydrogen-bond acceptors (Lipinski definition) is 2. The molecule has 0 aliphatic rings. The van der Waals surface area contributed by atoms with Crippen molar-refractivity contribution in [2.24, 2.45) is 0 Å². The first-order valence-electron chi connectivity index (χ1n) is 6.61. The first kappa shape index (κ1) is 16.3. The smallest absolute Gasteiger partial charge is 0.128 e. The Morgan fingerprint density at radius 3 is 2.62 bits per heavy atom. The molecule has 2 aromatic rings. The zero-order chi connectivity index (χ0) is 15.4. The van der Waals surface area contributed by atoms with Gasteiger partial charge in [-0.3, -0.25) is 0 Å². The van der Waals surface area contributed by atoms with Crippen LogP contribution in [0.25, 0.3) is 0 Å². The zero-order valence-electron chi connectivity index (χ0n) is 11.8. The molecule has 0 amide bonds. The van der Waals surface area contributed by atoms with Crippen LogP contribution in [0.2, 0.25) is 5.02 Å². The van der Waals surface area contributed by atoms with Crippen molar-refractivity contribution in [2.75, 3.05) is 13.7 Å². The predicted molar refractivity (Wildman–Crippen MR) is 87.6 cm³/mol. The lowest BCUT2D eigenvalue weighted by Gasteiger charge is -2.20. The Balaban J connectivity index is 2.44. The van der Waals surface area contributed by atoms with Crippen LogP contribution in [-0.4, -0.2) is 13.7 Å². The highest BCUT2D eigenvalue weighted by atomic mass is 79.9. The molecule has 112 valence electrons. The number of halogens is 3. The van der Waals surface area contributed by atoms with E-state index in [9.17, 15) is 4.39 Å². The third kappa shape index (κ3) is 3.76. The molecule has 1 N–H and O–H groups in total. The van der Waals surface area contributed by atoms with Gasteiger partial charge in [0.05, 0.1) is 12.6 Å². The van der Waals surface area contributed by atoms with Crippen molar-refractivity contribution in [3.05, 3.63) is 62.8 Å². The molecule has 0 aliphatic heterocycles. The lowest BCUT2D eigenvalue weighted by Crippen LogP contribution is -2.19. The van der Waals surface area contributed by atoms with Gasteiger partial charge in [-0.05, 0) is 49.9 Å². The van der Waals surface area contributed by atoms with E-state index in [0.29, 0.717) is 17.2 Å². The van der Waals surface area contributed by atoms with E-state index in [1.54, 1.807) is 19.2 Å². The number of rotatable bonds is 5. The van der Waals surface area contributed by atoms with Crippen molar-refractivity contribution >= 4 is 27.5 Å². The summed E-state index contributed by atoms with van der Waals surface area (Å²) in [4.78, 5) is 0. The maximum atomic E-state index is 14.1. The van der Waals surface area contributed by atoms with E-state index in [1.165, 1.54) is 6.07 Å². The van der Waals surface area contributed by atoms with Crippen LogP contribution in [0, 0.1) is 5.82 Å². The van der Waals surface area contributed by atoms with Crippen LogP contribution < -0.4 is 10.1 Å². The summed E-state index contributed by atoms with van der Waals surface area (Å²) < 4.78 is 20.4. The van der Waals surface area contributed by atoms with Gasteiger partial charge in [-0.2, -0.15) is 0 Å². The largest absolute Gasteiger partial charge is 0.494 e. The van der Waals surface area contributed by atoms with Gasteiger partial charge in [-0.25, -0.2) is 4.39 Å². The molecule has 2 rings (SSSR count). The van der Waals surface area contributed by atoms with Crippen LogP contribution in [0.5, 0.6) is 5.75 Å². The van der Waals surface area contributed by atoms with E-state index in [4.69, 9.17) is 16.3 Å². The van der Waals surface area contributed by atoms with Crippen molar-refractivity contribution in [3.63, 3.8) is 0 Å². The Hall–Kier alpha value is -1.10. The number of benzene rings is 2. The minimum absolute atomic E-state index is 0.292. The molecular weight excluding hydrogens is 357 g/mol. The van der Waals surface area contributed by atoms with E-state index in [0.717, 1.165) is 15.8 Å². The normalized spacial score (nSPS) is 12.2. The van der Waals surface area contributed by atoms with Crippen molar-refractivity contribution in [2.45, 2.75) is 13.0 Å². The Kier molecular flexibility index (Phi) is 5.62. The summed E-state index contributed by atoms with van der Waals surface area (Å²) in [7, 11) is 1.79. The molecule has 0 saturated heterocycles. The van der Waals surface area contributed by atoms with Crippen LogP contribution >= 0.6 is 27.5 Å². The van der Waals surface area contributed by atoms with Gasteiger partial charge in [0, 0.05) is 15.1 Å². The number of hydrogen-bond donors (Lipinski definition) is 1. The molecule has 1 atom stereocenters. The lowest BCUT2D eigenvalue weighted by atomic mass is 9.98. The van der Waals surface area contributed by atoms with E-state index in [-0.39, 0.29) is 11.9 Å². The molecule has 0 fully saturated rings. The molecule has 2 nitrogen and oxygen atoms in total. The fourth-order valence-electron chi connectivity index (χ4n) is 2.21. The Labute approximate surface area is 137 Å². The van der Waals surface area contributed by atoms with Gasteiger partial charge in [-0.15, -0.1) is 0 Å².